The van der Waals surface area contributed by atoms with Crippen molar-refractivity contribution in [2.24, 2.45) is 0 Å². The number of hydrogen-bond donors (Lipinski definition) is 0. The standard InChI is InChI=1S/C6H4BrClFN/c7-5-2-1-4(3-8)10-6(5)9/h1-2H,3H2. The first-order chi connectivity index (χ1) is 4.74. The molecule has 0 saturated carbocycles. The highest BCUT2D eigenvalue weighted by Gasteiger charge is 1.99. The molecule has 0 unspecified atom stereocenters. The van der Waals surface area contributed by atoms with Crippen molar-refractivity contribution in [1.82, 2.24) is 4.98 Å². The third kappa shape index (κ3) is 1.67. The van der Waals surface area contributed by atoms with Crippen LogP contribution in [0.25, 0.3) is 0 Å². The molecule has 0 fully saturated rings. The Kier molecular flexibility index (Phi) is 2.63. The third-order valence-corrected chi connectivity index (χ3v) is 1.86. The first-order valence-corrected chi connectivity index (χ1v) is 3.93. The van der Waals surface area contributed by atoms with E-state index in [-0.39, 0.29) is 5.88 Å². The molecule has 0 spiro atoms. The number of alkyl halides is 1. The van der Waals surface area contributed by atoms with Gasteiger partial charge in [-0.3, -0.25) is 0 Å². The fourth-order valence-electron chi connectivity index (χ4n) is 0.529. The molecular formula is C6H4BrClFN. The molecule has 0 N–H and O–H groups in total. The Balaban J connectivity index is 3.04. The van der Waals surface area contributed by atoms with Crippen LogP contribution in [0.15, 0.2) is 16.6 Å². The van der Waals surface area contributed by atoms with Crippen LogP contribution >= 0.6 is 27.5 Å². The van der Waals surface area contributed by atoms with E-state index in [0.717, 1.165) is 0 Å². The first kappa shape index (κ1) is 7.95. The number of hydrogen-bond acceptors (Lipinski definition) is 1. The molecule has 1 nitrogen and oxygen atoms in total. The summed E-state index contributed by atoms with van der Waals surface area (Å²) in [5.74, 6) is -0.275. The molecule has 0 aliphatic heterocycles. The molecule has 1 aromatic rings. The Morgan fingerprint density at radius 2 is 2.30 bits per heavy atom. The summed E-state index contributed by atoms with van der Waals surface area (Å²) in [4.78, 5) is 3.55. The van der Waals surface area contributed by atoms with Gasteiger partial charge in [0.25, 0.3) is 0 Å². The molecule has 0 amide bonds. The summed E-state index contributed by atoms with van der Waals surface area (Å²) >= 11 is 8.38. The van der Waals surface area contributed by atoms with E-state index in [0.29, 0.717) is 10.2 Å². The Bertz CT molecular complexity index is 241. The summed E-state index contributed by atoms with van der Waals surface area (Å²) in [7, 11) is 0. The fourth-order valence-corrected chi connectivity index (χ4v) is 0.899. The molecule has 4 heteroatoms. The Labute approximate surface area is 71.4 Å². The highest BCUT2D eigenvalue weighted by molar-refractivity contribution is 9.10. The lowest BCUT2D eigenvalue weighted by atomic mass is 10.4. The highest BCUT2D eigenvalue weighted by atomic mass is 79.9. The van der Waals surface area contributed by atoms with E-state index in [1.807, 2.05) is 0 Å². The minimum atomic E-state index is -0.516. The molecule has 54 valence electrons. The fraction of sp³-hybridized carbons (Fsp3) is 0.167. The van der Waals surface area contributed by atoms with Gasteiger partial charge in [-0.05, 0) is 28.1 Å². The number of rotatable bonds is 1. The zero-order valence-corrected chi connectivity index (χ0v) is 7.28. The zero-order chi connectivity index (χ0) is 7.56. The van der Waals surface area contributed by atoms with Gasteiger partial charge in [-0.15, -0.1) is 11.6 Å². The van der Waals surface area contributed by atoms with Crippen LogP contribution in [0.2, 0.25) is 0 Å². The van der Waals surface area contributed by atoms with Crippen molar-refractivity contribution in [3.8, 4) is 0 Å². The largest absolute Gasteiger partial charge is 0.227 e. The van der Waals surface area contributed by atoms with Crippen molar-refractivity contribution >= 4 is 27.5 Å². The summed E-state index contributed by atoms with van der Waals surface area (Å²) < 4.78 is 12.9. The predicted molar refractivity (Wildman–Crippen MR) is 41.5 cm³/mol. The quantitative estimate of drug-likeness (QED) is 0.528. The van der Waals surface area contributed by atoms with E-state index in [1.54, 1.807) is 12.1 Å². The molecule has 0 saturated heterocycles. The normalized spacial score (nSPS) is 9.90. The van der Waals surface area contributed by atoms with Crippen LogP contribution in [0.1, 0.15) is 5.69 Å². The molecule has 0 aliphatic carbocycles. The van der Waals surface area contributed by atoms with E-state index in [9.17, 15) is 4.39 Å². The lowest BCUT2D eigenvalue weighted by molar-refractivity contribution is 0.572. The van der Waals surface area contributed by atoms with Crippen molar-refractivity contribution < 1.29 is 4.39 Å². The zero-order valence-electron chi connectivity index (χ0n) is 4.94. The molecule has 10 heavy (non-hydrogen) atoms. The molecule has 0 radical (unpaired) electrons. The van der Waals surface area contributed by atoms with Crippen molar-refractivity contribution in [2.75, 3.05) is 0 Å². The van der Waals surface area contributed by atoms with Gasteiger partial charge in [-0.1, -0.05) is 0 Å². The van der Waals surface area contributed by atoms with Crippen LogP contribution in [0.5, 0.6) is 0 Å². The average molecular weight is 224 g/mol. The molecule has 0 atom stereocenters. The molecule has 1 heterocycles. The summed E-state index contributed by atoms with van der Waals surface area (Å²) in [6.07, 6.45) is 0. The van der Waals surface area contributed by atoms with Gasteiger partial charge in [0.1, 0.15) is 0 Å². The number of pyridine rings is 1. The number of halogens is 3. The highest BCUT2D eigenvalue weighted by Crippen LogP contribution is 2.13. The Morgan fingerprint density at radius 3 is 2.80 bits per heavy atom. The van der Waals surface area contributed by atoms with Gasteiger partial charge < -0.3 is 0 Å². The minimum Gasteiger partial charge on any atom is -0.223 e. The molecule has 0 aromatic carbocycles. The van der Waals surface area contributed by atoms with E-state index in [4.69, 9.17) is 11.6 Å². The second kappa shape index (κ2) is 3.30. The van der Waals surface area contributed by atoms with Crippen molar-refractivity contribution in [2.45, 2.75) is 5.88 Å². The van der Waals surface area contributed by atoms with Crippen molar-refractivity contribution in [3.63, 3.8) is 0 Å². The summed E-state index contributed by atoms with van der Waals surface area (Å²) in [5, 5.41) is 0. The topological polar surface area (TPSA) is 12.9 Å². The lowest BCUT2D eigenvalue weighted by Crippen LogP contribution is -1.89. The van der Waals surface area contributed by atoms with Crippen LogP contribution < -0.4 is 0 Å². The first-order valence-electron chi connectivity index (χ1n) is 2.61. The Morgan fingerprint density at radius 1 is 1.60 bits per heavy atom. The smallest absolute Gasteiger partial charge is 0.223 e. The van der Waals surface area contributed by atoms with Crippen LogP contribution in [-0.4, -0.2) is 4.98 Å². The van der Waals surface area contributed by atoms with Gasteiger partial charge in [0, 0.05) is 0 Å². The van der Waals surface area contributed by atoms with Gasteiger partial charge in [0.15, 0.2) is 0 Å². The Hall–Kier alpha value is -0.150. The van der Waals surface area contributed by atoms with Crippen molar-refractivity contribution in [1.29, 1.82) is 0 Å². The van der Waals surface area contributed by atoms with E-state index in [2.05, 4.69) is 20.9 Å². The van der Waals surface area contributed by atoms with E-state index >= 15 is 0 Å². The second-order valence-electron chi connectivity index (χ2n) is 1.71. The molecule has 1 rings (SSSR count). The summed E-state index contributed by atoms with van der Waals surface area (Å²) in [5.41, 5.74) is 0.544. The van der Waals surface area contributed by atoms with Crippen LogP contribution in [-0.2, 0) is 5.88 Å². The monoisotopic (exact) mass is 223 g/mol. The number of nitrogens with zero attached hydrogens (tertiary/aromatic N) is 1. The number of aromatic nitrogens is 1. The minimum absolute atomic E-state index is 0.240. The SMILES string of the molecule is Fc1nc(CCl)ccc1Br. The van der Waals surface area contributed by atoms with Gasteiger partial charge in [-0.2, -0.15) is 4.39 Å². The maximum absolute atomic E-state index is 12.5. The molecule has 0 aliphatic rings. The second-order valence-corrected chi connectivity index (χ2v) is 2.83. The third-order valence-electron chi connectivity index (χ3n) is 0.998. The lowest BCUT2D eigenvalue weighted by Gasteiger charge is -1.94. The molecule has 0 bridgehead atoms. The summed E-state index contributed by atoms with van der Waals surface area (Å²) in [6.45, 7) is 0. The predicted octanol–water partition coefficient (Wildman–Crippen LogP) is 2.72. The van der Waals surface area contributed by atoms with Gasteiger partial charge in [0.2, 0.25) is 5.95 Å². The van der Waals surface area contributed by atoms with E-state index in [1.165, 1.54) is 0 Å². The maximum atomic E-state index is 12.5. The van der Waals surface area contributed by atoms with Gasteiger partial charge in [0.05, 0.1) is 16.0 Å². The van der Waals surface area contributed by atoms with Crippen LogP contribution in [0, 0.1) is 5.95 Å². The van der Waals surface area contributed by atoms with Gasteiger partial charge >= 0.3 is 0 Å². The van der Waals surface area contributed by atoms with Crippen molar-refractivity contribution in [3.05, 3.63) is 28.2 Å². The maximum Gasteiger partial charge on any atom is 0.227 e. The average Bonchev–Trinajstić information content (AvgIpc) is 1.95. The van der Waals surface area contributed by atoms with Crippen LogP contribution in [0.4, 0.5) is 4.39 Å². The molecular weight excluding hydrogens is 220 g/mol. The van der Waals surface area contributed by atoms with E-state index < -0.39 is 5.95 Å². The summed E-state index contributed by atoms with van der Waals surface area (Å²) in [6, 6.07) is 3.25. The van der Waals surface area contributed by atoms with Crippen LogP contribution in [0.3, 0.4) is 0 Å². The molecule has 1 aromatic heterocycles. The van der Waals surface area contributed by atoms with Gasteiger partial charge in [-0.25, -0.2) is 4.98 Å².